The molecule has 3 atom stereocenters. The first-order chi connectivity index (χ1) is 18.2. The van der Waals surface area contributed by atoms with Gasteiger partial charge in [0.25, 0.3) is 0 Å². The molecule has 204 valence electrons. The molecule has 5 rings (SSSR count). The summed E-state index contributed by atoms with van der Waals surface area (Å²) >= 11 is 0. The van der Waals surface area contributed by atoms with E-state index in [9.17, 15) is 37.8 Å². The molecule has 1 aliphatic carbocycles. The van der Waals surface area contributed by atoms with E-state index in [4.69, 9.17) is 9.47 Å². The average molecular weight is 543 g/mol. The van der Waals surface area contributed by atoms with Gasteiger partial charge in [-0.3, -0.25) is 14.4 Å². The highest BCUT2D eigenvalue weighted by molar-refractivity contribution is 6.31. The van der Waals surface area contributed by atoms with E-state index in [1.807, 2.05) is 0 Å². The summed E-state index contributed by atoms with van der Waals surface area (Å²) in [4.78, 5) is 39.5. The number of allylic oxidation sites excluding steroid dienone is 4. The molecule has 0 aromatic heterocycles. The zero-order valence-electron chi connectivity index (χ0n) is 21.3. The maximum atomic E-state index is 14.0. The number of benzene rings is 2. The van der Waals surface area contributed by atoms with E-state index in [-0.39, 0.29) is 45.2 Å². The van der Waals surface area contributed by atoms with Gasteiger partial charge in [0.1, 0.15) is 39.7 Å². The van der Waals surface area contributed by atoms with Gasteiger partial charge in [0.15, 0.2) is 23.5 Å². The predicted octanol–water partition coefficient (Wildman–Crippen LogP) is 4.61. The maximum Gasteiger partial charge on any atom is 0.425 e. The third kappa shape index (κ3) is 3.78. The molecule has 3 N–H and O–H groups in total. The van der Waals surface area contributed by atoms with Gasteiger partial charge in [-0.2, -0.15) is 13.2 Å². The molecule has 0 saturated carbocycles. The third-order valence-electron chi connectivity index (χ3n) is 7.53. The molecule has 0 spiro atoms. The fourth-order valence-electron chi connectivity index (χ4n) is 5.45. The predicted molar refractivity (Wildman–Crippen MR) is 131 cm³/mol. The molecule has 0 bridgehead atoms. The average Bonchev–Trinajstić information content (AvgIpc) is 3.14. The molecule has 11 heteroatoms. The number of aromatic hydroxyl groups is 2. The standard InChI is InChI=1S/C28H24F3NO7/c1-11-23(35)21(13(3)33)25-22(24(11)36)27(4)18(39-25)10-16(34)20(26(27)37)12(2)32-15-9-19(28(29,30)31)38-17-8-6-5-7-14(15)17/h5-8,10,15,19,32,35-36H,9H2,1-4H3/b20-12+/t15-,19+,27-/m0/s1. The normalized spacial score (nSPS) is 25.1. The summed E-state index contributed by atoms with van der Waals surface area (Å²) in [6.07, 6.45) is -6.19. The molecule has 3 aliphatic rings. The molecule has 2 heterocycles. The second kappa shape index (κ2) is 8.62. The van der Waals surface area contributed by atoms with Crippen molar-refractivity contribution in [2.24, 2.45) is 0 Å². The summed E-state index contributed by atoms with van der Waals surface area (Å²) in [6, 6.07) is 5.26. The largest absolute Gasteiger partial charge is 0.507 e. The highest BCUT2D eigenvalue weighted by atomic mass is 19.4. The van der Waals surface area contributed by atoms with E-state index in [0.29, 0.717) is 5.56 Å². The van der Waals surface area contributed by atoms with Crippen LogP contribution in [0.5, 0.6) is 23.0 Å². The zero-order valence-corrected chi connectivity index (χ0v) is 21.3. The lowest BCUT2D eigenvalue weighted by Gasteiger charge is -2.35. The van der Waals surface area contributed by atoms with Crippen LogP contribution in [-0.4, -0.2) is 39.8 Å². The van der Waals surface area contributed by atoms with Gasteiger partial charge in [0.2, 0.25) is 0 Å². The number of ketones is 3. The van der Waals surface area contributed by atoms with E-state index < -0.39 is 59.0 Å². The van der Waals surface area contributed by atoms with Crippen molar-refractivity contribution >= 4 is 17.3 Å². The van der Waals surface area contributed by atoms with Gasteiger partial charge < -0.3 is 25.0 Å². The minimum Gasteiger partial charge on any atom is -0.507 e. The Labute approximate surface area is 220 Å². The number of hydrogen-bond donors (Lipinski definition) is 3. The van der Waals surface area contributed by atoms with Crippen LogP contribution in [0.4, 0.5) is 13.2 Å². The van der Waals surface area contributed by atoms with Crippen LogP contribution in [0.1, 0.15) is 60.3 Å². The van der Waals surface area contributed by atoms with Crippen molar-refractivity contribution in [1.82, 2.24) is 5.32 Å². The molecule has 0 unspecified atom stereocenters. The number of carbonyl (C=O) groups is 3. The Morgan fingerprint density at radius 2 is 1.79 bits per heavy atom. The van der Waals surface area contributed by atoms with Crippen LogP contribution < -0.4 is 14.8 Å². The Hall–Kier alpha value is -4.28. The van der Waals surface area contributed by atoms with Crippen molar-refractivity contribution < 1.29 is 47.2 Å². The lowest BCUT2D eigenvalue weighted by atomic mass is 9.70. The van der Waals surface area contributed by atoms with E-state index in [1.54, 1.807) is 18.2 Å². The minimum absolute atomic E-state index is 0.0272. The van der Waals surface area contributed by atoms with E-state index in [0.717, 1.165) is 6.08 Å². The van der Waals surface area contributed by atoms with Crippen LogP contribution in [0.15, 0.2) is 47.4 Å². The Morgan fingerprint density at radius 1 is 1.13 bits per heavy atom. The molecule has 0 radical (unpaired) electrons. The van der Waals surface area contributed by atoms with Gasteiger partial charge in [-0.1, -0.05) is 18.2 Å². The molecule has 39 heavy (non-hydrogen) atoms. The maximum absolute atomic E-state index is 14.0. The van der Waals surface area contributed by atoms with Crippen molar-refractivity contribution in [3.8, 4) is 23.0 Å². The fourth-order valence-corrected chi connectivity index (χ4v) is 5.45. The molecule has 0 amide bonds. The molecule has 2 aromatic rings. The number of halogens is 3. The zero-order chi connectivity index (χ0) is 28.6. The van der Waals surface area contributed by atoms with Crippen LogP contribution in [-0.2, 0) is 15.0 Å². The quantitative estimate of drug-likeness (QED) is 0.292. The summed E-state index contributed by atoms with van der Waals surface area (Å²) in [6.45, 7) is 5.37. The van der Waals surface area contributed by atoms with Gasteiger partial charge in [-0.05, 0) is 33.8 Å². The number of nitrogens with one attached hydrogen (secondary N) is 1. The SMILES string of the molecule is CC(=O)c1c(O)c(C)c(O)c2c1OC1=CC(=O)/C(=C(/C)N[C@H]3C[C@H](C(F)(F)F)Oc4ccccc43)C(=O)[C@@]12C. The number of alkyl halides is 3. The number of rotatable bonds is 3. The molecular formula is C28H24F3NO7. The van der Waals surface area contributed by atoms with Crippen LogP contribution in [0.25, 0.3) is 0 Å². The minimum atomic E-state index is -4.64. The summed E-state index contributed by atoms with van der Waals surface area (Å²) in [5, 5.41) is 24.3. The summed E-state index contributed by atoms with van der Waals surface area (Å²) in [5.41, 5.74) is -1.98. The van der Waals surface area contributed by atoms with Crippen LogP contribution >= 0.6 is 0 Å². The highest BCUT2D eigenvalue weighted by Crippen LogP contribution is 2.57. The van der Waals surface area contributed by atoms with Crippen molar-refractivity contribution in [3.05, 3.63) is 69.6 Å². The monoisotopic (exact) mass is 543 g/mol. The van der Waals surface area contributed by atoms with Crippen molar-refractivity contribution in [2.75, 3.05) is 0 Å². The molecule has 2 aliphatic heterocycles. The number of Topliss-reactive ketones (excluding diaryl/α,β-unsaturated/α-hetero) is 2. The number of phenolic OH excluding ortho intramolecular Hbond substituents is 2. The van der Waals surface area contributed by atoms with Gasteiger partial charge >= 0.3 is 6.18 Å². The highest BCUT2D eigenvalue weighted by Gasteiger charge is 2.56. The summed E-state index contributed by atoms with van der Waals surface area (Å²) in [5.74, 6) is -3.44. The summed E-state index contributed by atoms with van der Waals surface area (Å²) in [7, 11) is 0. The van der Waals surface area contributed by atoms with Crippen LogP contribution in [0, 0.1) is 6.92 Å². The van der Waals surface area contributed by atoms with Gasteiger partial charge in [-0.15, -0.1) is 0 Å². The second-order valence-electron chi connectivity index (χ2n) is 10.0. The Balaban J connectivity index is 1.61. The summed E-state index contributed by atoms with van der Waals surface area (Å²) < 4.78 is 51.7. The first kappa shape index (κ1) is 26.3. The Morgan fingerprint density at radius 3 is 2.44 bits per heavy atom. The van der Waals surface area contributed by atoms with Crippen molar-refractivity contribution in [2.45, 2.75) is 57.9 Å². The second-order valence-corrected chi connectivity index (χ2v) is 10.0. The topological polar surface area (TPSA) is 122 Å². The number of hydrogen-bond acceptors (Lipinski definition) is 8. The van der Waals surface area contributed by atoms with Crippen molar-refractivity contribution in [1.29, 1.82) is 0 Å². The van der Waals surface area contributed by atoms with E-state index in [1.165, 1.54) is 33.8 Å². The molecular weight excluding hydrogens is 519 g/mol. The molecule has 2 aromatic carbocycles. The molecule has 0 saturated heterocycles. The van der Waals surface area contributed by atoms with Crippen molar-refractivity contribution in [3.63, 3.8) is 0 Å². The van der Waals surface area contributed by atoms with E-state index >= 15 is 0 Å². The lowest BCUT2D eigenvalue weighted by Crippen LogP contribution is -2.43. The van der Waals surface area contributed by atoms with Gasteiger partial charge in [0, 0.05) is 29.3 Å². The number of para-hydroxylation sites is 1. The molecule has 8 nitrogen and oxygen atoms in total. The number of phenols is 2. The molecule has 0 fully saturated rings. The number of ether oxygens (including phenoxy) is 2. The van der Waals surface area contributed by atoms with Crippen LogP contribution in [0.2, 0.25) is 0 Å². The third-order valence-corrected chi connectivity index (χ3v) is 7.53. The lowest BCUT2D eigenvalue weighted by molar-refractivity contribution is -0.201. The van der Waals surface area contributed by atoms with Crippen LogP contribution in [0.3, 0.4) is 0 Å². The Bertz CT molecular complexity index is 1540. The Kier molecular flexibility index (Phi) is 5.82. The van der Waals surface area contributed by atoms with Gasteiger partial charge in [0.05, 0.1) is 17.2 Å². The smallest absolute Gasteiger partial charge is 0.425 e. The number of carbonyl (C=O) groups excluding carboxylic acids is 3. The van der Waals surface area contributed by atoms with Gasteiger partial charge in [-0.25, -0.2) is 0 Å². The van der Waals surface area contributed by atoms with E-state index in [2.05, 4.69) is 5.32 Å². The first-order valence-electron chi connectivity index (χ1n) is 12.1. The number of fused-ring (bicyclic) bond motifs is 4. The fraction of sp³-hybridized carbons (Fsp3) is 0.321. The first-order valence-corrected chi connectivity index (χ1v) is 12.1.